The van der Waals surface area contributed by atoms with Gasteiger partial charge in [-0.25, -0.2) is 5.43 Å². The van der Waals surface area contributed by atoms with Crippen LogP contribution in [0.1, 0.15) is 27.8 Å². The van der Waals surface area contributed by atoms with Crippen LogP contribution in [0.15, 0.2) is 59.7 Å². The van der Waals surface area contributed by atoms with Crippen molar-refractivity contribution in [1.82, 2.24) is 10.7 Å². The lowest BCUT2D eigenvalue weighted by molar-refractivity contribution is -0.139. The van der Waals surface area contributed by atoms with E-state index in [-0.39, 0.29) is 19.1 Å². The first-order chi connectivity index (χ1) is 19.2. The van der Waals surface area contributed by atoms with Crippen LogP contribution in [0.5, 0.6) is 17.2 Å². The van der Waals surface area contributed by atoms with E-state index in [0.717, 1.165) is 27.9 Å². The lowest BCUT2D eigenvalue weighted by Gasteiger charge is -2.13. The van der Waals surface area contributed by atoms with Gasteiger partial charge in [-0.1, -0.05) is 35.9 Å². The Morgan fingerprint density at radius 2 is 1.60 bits per heavy atom. The third kappa shape index (κ3) is 8.59. The van der Waals surface area contributed by atoms with Crippen LogP contribution in [-0.4, -0.2) is 51.3 Å². The largest absolute Gasteiger partial charge is 0.493 e. The molecular weight excluding hydrogens is 512 g/mol. The molecule has 0 saturated carbocycles. The number of methoxy groups -OCH3 is 2. The molecule has 0 aromatic heterocycles. The van der Waals surface area contributed by atoms with Crippen LogP contribution in [0, 0.1) is 20.8 Å². The molecule has 40 heavy (non-hydrogen) atoms. The molecule has 0 saturated heterocycles. The normalized spacial score (nSPS) is 10.6. The average Bonchev–Trinajstić information content (AvgIpc) is 2.93. The first kappa shape index (κ1) is 29.7. The summed E-state index contributed by atoms with van der Waals surface area (Å²) in [5.74, 6) is -0.328. The van der Waals surface area contributed by atoms with Gasteiger partial charge in [0.05, 0.1) is 20.4 Å². The summed E-state index contributed by atoms with van der Waals surface area (Å²) in [7, 11) is 3.10. The molecule has 0 spiro atoms. The van der Waals surface area contributed by atoms with E-state index in [1.54, 1.807) is 44.6 Å². The SMILES string of the molecule is COc1ccc(CCNC(=O)C(=O)N/N=C\c2cccc(OCC(=O)Nc3c(C)cc(C)cc3C)c2)cc1OC. The van der Waals surface area contributed by atoms with Crippen molar-refractivity contribution in [2.45, 2.75) is 27.2 Å². The van der Waals surface area contributed by atoms with Crippen molar-refractivity contribution in [3.63, 3.8) is 0 Å². The predicted molar refractivity (Wildman–Crippen MR) is 153 cm³/mol. The molecule has 0 fully saturated rings. The number of ether oxygens (including phenoxy) is 3. The Balaban J connectivity index is 1.44. The topological polar surface area (TPSA) is 127 Å². The summed E-state index contributed by atoms with van der Waals surface area (Å²) in [6.45, 7) is 5.98. The highest BCUT2D eigenvalue weighted by Crippen LogP contribution is 2.27. The number of carbonyl (C=O) groups is 3. The van der Waals surface area contributed by atoms with E-state index in [1.807, 2.05) is 45.0 Å². The number of hydrogen-bond acceptors (Lipinski definition) is 7. The number of hydrogen-bond donors (Lipinski definition) is 3. The van der Waals surface area contributed by atoms with E-state index >= 15 is 0 Å². The van der Waals surface area contributed by atoms with Crippen molar-refractivity contribution in [3.8, 4) is 17.2 Å². The number of rotatable bonds is 11. The molecule has 10 heteroatoms. The summed E-state index contributed by atoms with van der Waals surface area (Å²) in [5.41, 5.74) is 7.60. The molecule has 0 aliphatic rings. The van der Waals surface area contributed by atoms with Crippen molar-refractivity contribution in [2.24, 2.45) is 5.10 Å². The summed E-state index contributed by atoms with van der Waals surface area (Å²) in [5, 5.41) is 9.29. The van der Waals surface area contributed by atoms with Crippen LogP contribution in [0.25, 0.3) is 0 Å². The monoisotopic (exact) mass is 546 g/mol. The van der Waals surface area contributed by atoms with Crippen molar-refractivity contribution < 1.29 is 28.6 Å². The molecule has 3 aromatic carbocycles. The third-order valence-electron chi connectivity index (χ3n) is 5.90. The number of carbonyl (C=O) groups excluding carboxylic acids is 3. The van der Waals surface area contributed by atoms with Crippen molar-refractivity contribution in [1.29, 1.82) is 0 Å². The number of aryl methyl sites for hydroxylation is 3. The minimum atomic E-state index is -0.894. The van der Waals surface area contributed by atoms with E-state index in [2.05, 4.69) is 21.2 Å². The van der Waals surface area contributed by atoms with Crippen molar-refractivity contribution >= 4 is 29.6 Å². The highest BCUT2D eigenvalue weighted by Gasteiger charge is 2.13. The van der Waals surface area contributed by atoms with Crippen LogP contribution in [0.2, 0.25) is 0 Å². The highest BCUT2D eigenvalue weighted by atomic mass is 16.5. The van der Waals surface area contributed by atoms with E-state index in [9.17, 15) is 14.4 Å². The van der Waals surface area contributed by atoms with Gasteiger partial charge in [-0.3, -0.25) is 14.4 Å². The minimum absolute atomic E-state index is 0.173. The molecule has 3 amide bonds. The van der Waals surface area contributed by atoms with Gasteiger partial charge < -0.3 is 24.8 Å². The Bertz CT molecular complexity index is 1380. The molecule has 3 N–H and O–H groups in total. The number of anilines is 1. The third-order valence-corrected chi connectivity index (χ3v) is 5.90. The second-order valence-electron chi connectivity index (χ2n) is 9.08. The molecule has 0 heterocycles. The highest BCUT2D eigenvalue weighted by molar-refractivity contribution is 6.35. The number of nitrogens with zero attached hydrogens (tertiary/aromatic N) is 1. The zero-order valence-corrected chi connectivity index (χ0v) is 23.3. The number of amides is 3. The summed E-state index contributed by atoms with van der Waals surface area (Å²) in [4.78, 5) is 36.6. The molecule has 3 rings (SSSR count). The first-order valence-corrected chi connectivity index (χ1v) is 12.6. The Labute approximate surface area is 233 Å². The Morgan fingerprint density at radius 3 is 2.30 bits per heavy atom. The van der Waals surface area contributed by atoms with Gasteiger partial charge in [-0.05, 0) is 73.7 Å². The molecule has 0 radical (unpaired) electrons. The standard InChI is InChI=1S/C30H34N4O6/c1-19-13-20(2)28(21(3)14-19)33-27(35)18-40-24-8-6-7-23(15-24)17-32-34-30(37)29(36)31-12-11-22-9-10-25(38-4)26(16-22)39-5/h6-10,13-17H,11-12,18H2,1-5H3,(H,31,36)(H,33,35)(H,34,37)/b32-17-. The molecule has 10 nitrogen and oxygen atoms in total. The van der Waals surface area contributed by atoms with Crippen LogP contribution in [0.3, 0.4) is 0 Å². The van der Waals surface area contributed by atoms with Gasteiger partial charge in [0.1, 0.15) is 5.75 Å². The zero-order chi connectivity index (χ0) is 29.1. The summed E-state index contributed by atoms with van der Waals surface area (Å²) in [6, 6.07) is 16.3. The van der Waals surface area contributed by atoms with E-state index in [4.69, 9.17) is 14.2 Å². The fraction of sp³-hybridized carbons (Fsp3) is 0.267. The second kappa shape index (κ2) is 14.3. The van der Waals surface area contributed by atoms with Gasteiger partial charge in [0.25, 0.3) is 5.91 Å². The fourth-order valence-corrected chi connectivity index (χ4v) is 4.04. The molecule has 0 unspecified atom stereocenters. The van der Waals surface area contributed by atoms with E-state index in [0.29, 0.717) is 29.2 Å². The minimum Gasteiger partial charge on any atom is -0.493 e. The predicted octanol–water partition coefficient (Wildman–Crippen LogP) is 3.46. The lowest BCUT2D eigenvalue weighted by atomic mass is 10.1. The molecule has 0 atom stereocenters. The van der Waals surface area contributed by atoms with Crippen molar-refractivity contribution in [2.75, 3.05) is 32.7 Å². The van der Waals surface area contributed by atoms with Gasteiger partial charge >= 0.3 is 11.8 Å². The van der Waals surface area contributed by atoms with Gasteiger partial charge in [0.2, 0.25) is 0 Å². The van der Waals surface area contributed by atoms with E-state index in [1.165, 1.54) is 6.21 Å². The van der Waals surface area contributed by atoms with Gasteiger partial charge in [0.15, 0.2) is 18.1 Å². The zero-order valence-electron chi connectivity index (χ0n) is 23.3. The van der Waals surface area contributed by atoms with Gasteiger partial charge in [-0.2, -0.15) is 5.10 Å². The quantitative estimate of drug-likeness (QED) is 0.192. The van der Waals surface area contributed by atoms with Gasteiger partial charge in [0, 0.05) is 12.2 Å². The summed E-state index contributed by atoms with van der Waals surface area (Å²) >= 11 is 0. The summed E-state index contributed by atoms with van der Waals surface area (Å²) in [6.07, 6.45) is 1.87. The number of nitrogens with one attached hydrogen (secondary N) is 3. The lowest BCUT2D eigenvalue weighted by Crippen LogP contribution is -2.38. The van der Waals surface area contributed by atoms with Crippen LogP contribution in [0.4, 0.5) is 5.69 Å². The second-order valence-corrected chi connectivity index (χ2v) is 9.08. The molecular formula is C30H34N4O6. The Kier molecular flexibility index (Phi) is 10.6. The van der Waals surface area contributed by atoms with Crippen LogP contribution >= 0.6 is 0 Å². The average molecular weight is 547 g/mol. The molecule has 0 aliphatic carbocycles. The molecule has 210 valence electrons. The smallest absolute Gasteiger partial charge is 0.329 e. The van der Waals surface area contributed by atoms with Crippen LogP contribution < -0.4 is 30.3 Å². The molecule has 0 aliphatic heterocycles. The summed E-state index contributed by atoms with van der Waals surface area (Å²) < 4.78 is 16.1. The fourth-order valence-electron chi connectivity index (χ4n) is 4.04. The number of benzene rings is 3. The molecule has 3 aromatic rings. The maximum absolute atomic E-state index is 12.4. The Morgan fingerprint density at radius 1 is 0.875 bits per heavy atom. The van der Waals surface area contributed by atoms with Crippen LogP contribution in [-0.2, 0) is 20.8 Å². The maximum Gasteiger partial charge on any atom is 0.329 e. The van der Waals surface area contributed by atoms with Gasteiger partial charge in [-0.15, -0.1) is 0 Å². The van der Waals surface area contributed by atoms with E-state index < -0.39 is 11.8 Å². The number of hydrazone groups is 1. The first-order valence-electron chi connectivity index (χ1n) is 12.6. The molecule has 0 bridgehead atoms. The van der Waals surface area contributed by atoms with Crippen molar-refractivity contribution in [3.05, 3.63) is 82.4 Å². The maximum atomic E-state index is 12.4. The Hall–Kier alpha value is -4.86.